The van der Waals surface area contributed by atoms with Crippen molar-refractivity contribution in [3.05, 3.63) is 47.2 Å². The lowest BCUT2D eigenvalue weighted by Crippen LogP contribution is -2.42. The fraction of sp³-hybridized carbons (Fsp3) is 0.312. The Morgan fingerprint density at radius 3 is 2.55 bits per heavy atom. The van der Waals surface area contributed by atoms with Gasteiger partial charge in [-0.15, -0.1) is 12.4 Å². The summed E-state index contributed by atoms with van der Waals surface area (Å²) in [5, 5.41) is 0.606. The molecule has 4 nitrogen and oxygen atoms in total. The second-order valence-corrected chi connectivity index (χ2v) is 5.68. The molecule has 1 aliphatic heterocycles. The van der Waals surface area contributed by atoms with E-state index in [2.05, 4.69) is 0 Å². The van der Waals surface area contributed by atoms with Crippen molar-refractivity contribution >= 4 is 29.9 Å². The molecule has 1 aromatic heterocycles. The number of piperidine rings is 1. The number of likely N-dealkylation sites (tertiary alicyclic amines) is 1. The Morgan fingerprint density at radius 2 is 1.86 bits per heavy atom. The molecular formula is C16H18Cl2N2O2. The molecule has 1 aromatic carbocycles. The minimum Gasteiger partial charge on any atom is -0.451 e. The van der Waals surface area contributed by atoms with Crippen LogP contribution in [0, 0.1) is 0 Å². The van der Waals surface area contributed by atoms with Crippen LogP contribution in [0.15, 0.2) is 40.8 Å². The van der Waals surface area contributed by atoms with Crippen molar-refractivity contribution < 1.29 is 9.21 Å². The highest BCUT2D eigenvalue weighted by atomic mass is 35.5. The first-order chi connectivity index (χ1) is 10.1. The van der Waals surface area contributed by atoms with E-state index in [1.165, 1.54) is 0 Å². The average Bonchev–Trinajstić information content (AvgIpc) is 2.97. The normalized spacial score (nSPS) is 15.5. The van der Waals surface area contributed by atoms with Crippen molar-refractivity contribution in [2.45, 2.75) is 18.9 Å². The van der Waals surface area contributed by atoms with Gasteiger partial charge in [-0.25, -0.2) is 0 Å². The molecule has 0 unspecified atom stereocenters. The van der Waals surface area contributed by atoms with Crippen molar-refractivity contribution in [1.82, 2.24) is 4.90 Å². The van der Waals surface area contributed by atoms with Gasteiger partial charge < -0.3 is 15.1 Å². The van der Waals surface area contributed by atoms with Crippen LogP contribution >= 0.6 is 24.0 Å². The maximum atomic E-state index is 12.4. The first kappa shape index (κ1) is 16.9. The van der Waals surface area contributed by atoms with Crippen molar-refractivity contribution in [3.63, 3.8) is 0 Å². The molecule has 118 valence electrons. The third-order valence-corrected chi connectivity index (χ3v) is 4.11. The van der Waals surface area contributed by atoms with Gasteiger partial charge in [0.15, 0.2) is 5.76 Å². The second kappa shape index (κ2) is 7.18. The maximum Gasteiger partial charge on any atom is 0.289 e. The Morgan fingerprint density at radius 1 is 1.18 bits per heavy atom. The predicted molar refractivity (Wildman–Crippen MR) is 89.5 cm³/mol. The highest BCUT2D eigenvalue weighted by Gasteiger charge is 2.24. The number of hydrogen-bond donors (Lipinski definition) is 1. The van der Waals surface area contributed by atoms with Gasteiger partial charge in [-0.05, 0) is 37.1 Å². The number of rotatable bonds is 2. The third kappa shape index (κ3) is 3.46. The Labute approximate surface area is 140 Å². The number of nitrogens with zero attached hydrogens (tertiary/aromatic N) is 1. The van der Waals surface area contributed by atoms with E-state index in [0.717, 1.165) is 18.4 Å². The number of amides is 1. The van der Waals surface area contributed by atoms with E-state index >= 15 is 0 Å². The van der Waals surface area contributed by atoms with Crippen LogP contribution in [0.3, 0.4) is 0 Å². The van der Waals surface area contributed by atoms with E-state index in [1.807, 2.05) is 18.2 Å². The van der Waals surface area contributed by atoms with Gasteiger partial charge in [-0.2, -0.15) is 0 Å². The molecule has 0 bridgehead atoms. The lowest BCUT2D eigenvalue weighted by atomic mass is 10.1. The molecule has 0 spiro atoms. The summed E-state index contributed by atoms with van der Waals surface area (Å²) in [4.78, 5) is 14.2. The molecule has 3 rings (SSSR count). The van der Waals surface area contributed by atoms with Gasteiger partial charge in [0.05, 0.1) is 5.02 Å². The summed E-state index contributed by atoms with van der Waals surface area (Å²) in [6, 6.07) is 11.1. The highest BCUT2D eigenvalue weighted by Crippen LogP contribution is 2.29. The van der Waals surface area contributed by atoms with E-state index in [0.29, 0.717) is 29.6 Å². The average molecular weight is 341 g/mol. The molecule has 0 radical (unpaired) electrons. The summed E-state index contributed by atoms with van der Waals surface area (Å²) in [7, 11) is 0. The third-order valence-electron chi connectivity index (χ3n) is 3.78. The number of halogens is 2. The number of hydrogen-bond acceptors (Lipinski definition) is 3. The highest BCUT2D eigenvalue weighted by molar-refractivity contribution is 6.33. The van der Waals surface area contributed by atoms with Gasteiger partial charge in [0.1, 0.15) is 5.76 Å². The van der Waals surface area contributed by atoms with Crippen LogP contribution in [0.2, 0.25) is 5.02 Å². The number of nitrogens with two attached hydrogens (primary N) is 1. The number of carbonyl (C=O) groups is 1. The lowest BCUT2D eigenvalue weighted by molar-refractivity contribution is 0.0683. The van der Waals surface area contributed by atoms with Crippen LogP contribution in [0.4, 0.5) is 0 Å². The molecule has 1 saturated heterocycles. The van der Waals surface area contributed by atoms with Gasteiger partial charge in [0, 0.05) is 24.7 Å². The van der Waals surface area contributed by atoms with Crippen LogP contribution in [-0.4, -0.2) is 29.9 Å². The smallest absolute Gasteiger partial charge is 0.289 e. The molecule has 1 amide bonds. The molecule has 2 aromatic rings. The minimum absolute atomic E-state index is 0. The van der Waals surface area contributed by atoms with Crippen LogP contribution in [0.1, 0.15) is 23.4 Å². The fourth-order valence-corrected chi connectivity index (χ4v) is 2.75. The van der Waals surface area contributed by atoms with E-state index in [1.54, 1.807) is 23.1 Å². The predicted octanol–water partition coefficient (Wildman–Crippen LogP) is 3.59. The largest absolute Gasteiger partial charge is 0.451 e. The molecule has 0 aliphatic carbocycles. The second-order valence-electron chi connectivity index (χ2n) is 5.27. The van der Waals surface area contributed by atoms with Gasteiger partial charge >= 0.3 is 0 Å². The Hall–Kier alpha value is -1.49. The quantitative estimate of drug-likeness (QED) is 0.908. The molecule has 2 heterocycles. The van der Waals surface area contributed by atoms with Gasteiger partial charge in [0.2, 0.25) is 0 Å². The topological polar surface area (TPSA) is 59.5 Å². The molecule has 1 aliphatic rings. The van der Waals surface area contributed by atoms with Gasteiger partial charge in [0.25, 0.3) is 5.91 Å². The summed E-state index contributed by atoms with van der Waals surface area (Å²) in [6.45, 7) is 1.37. The van der Waals surface area contributed by atoms with Crippen molar-refractivity contribution in [1.29, 1.82) is 0 Å². The molecule has 1 fully saturated rings. The zero-order chi connectivity index (χ0) is 14.8. The zero-order valence-corrected chi connectivity index (χ0v) is 13.6. The lowest BCUT2D eigenvalue weighted by Gasteiger charge is -2.29. The number of furan rings is 1. The zero-order valence-electron chi connectivity index (χ0n) is 12.0. The number of carbonyl (C=O) groups excluding carboxylic acids is 1. The van der Waals surface area contributed by atoms with Gasteiger partial charge in [-0.3, -0.25) is 4.79 Å². The Balaban J connectivity index is 0.00000176. The van der Waals surface area contributed by atoms with Crippen LogP contribution < -0.4 is 5.73 Å². The van der Waals surface area contributed by atoms with Gasteiger partial charge in [-0.1, -0.05) is 23.7 Å². The summed E-state index contributed by atoms with van der Waals surface area (Å²) in [5.41, 5.74) is 6.65. The first-order valence-electron chi connectivity index (χ1n) is 7.05. The van der Waals surface area contributed by atoms with E-state index < -0.39 is 0 Å². The van der Waals surface area contributed by atoms with Crippen LogP contribution in [0.25, 0.3) is 11.3 Å². The van der Waals surface area contributed by atoms with Crippen LogP contribution in [0.5, 0.6) is 0 Å². The van der Waals surface area contributed by atoms with E-state index in [-0.39, 0.29) is 24.4 Å². The van der Waals surface area contributed by atoms with Crippen molar-refractivity contribution in [2.24, 2.45) is 5.73 Å². The van der Waals surface area contributed by atoms with Crippen LogP contribution in [-0.2, 0) is 0 Å². The Kier molecular flexibility index (Phi) is 5.51. The van der Waals surface area contributed by atoms with Crippen molar-refractivity contribution in [3.8, 4) is 11.3 Å². The molecular weight excluding hydrogens is 323 g/mol. The maximum absolute atomic E-state index is 12.4. The molecule has 6 heteroatoms. The SMILES string of the molecule is Cl.NC1CCN(C(=O)c2ccc(-c3ccccc3Cl)o2)CC1. The van der Waals surface area contributed by atoms with E-state index in [4.69, 9.17) is 21.8 Å². The summed E-state index contributed by atoms with van der Waals surface area (Å²) >= 11 is 6.14. The van der Waals surface area contributed by atoms with Crippen molar-refractivity contribution in [2.75, 3.05) is 13.1 Å². The standard InChI is InChI=1S/C16H17ClN2O2.ClH/c17-13-4-2-1-3-12(13)14-5-6-15(21-14)16(20)19-9-7-11(18)8-10-19;/h1-6,11H,7-10,18H2;1H. The molecule has 22 heavy (non-hydrogen) atoms. The monoisotopic (exact) mass is 340 g/mol. The fourth-order valence-electron chi connectivity index (χ4n) is 2.52. The molecule has 0 atom stereocenters. The summed E-state index contributed by atoms with van der Waals surface area (Å²) in [5.74, 6) is 0.873. The van der Waals surface area contributed by atoms with E-state index in [9.17, 15) is 4.79 Å². The summed E-state index contributed by atoms with van der Waals surface area (Å²) < 4.78 is 5.69. The molecule has 2 N–H and O–H groups in total. The summed E-state index contributed by atoms with van der Waals surface area (Å²) in [6.07, 6.45) is 1.67. The Bertz CT molecular complexity index is 649. The minimum atomic E-state index is -0.0831. The molecule has 0 saturated carbocycles. The number of benzene rings is 1. The first-order valence-corrected chi connectivity index (χ1v) is 7.42.